The van der Waals surface area contributed by atoms with Crippen LogP contribution in [-0.4, -0.2) is 25.7 Å². The summed E-state index contributed by atoms with van der Waals surface area (Å²) < 4.78 is 0. The van der Waals surface area contributed by atoms with Crippen molar-refractivity contribution >= 4 is 0 Å². The molecule has 0 aromatic carbocycles. The van der Waals surface area contributed by atoms with Gasteiger partial charge in [0.05, 0.1) is 0 Å². The van der Waals surface area contributed by atoms with Gasteiger partial charge < -0.3 is 10.6 Å². The lowest BCUT2D eigenvalue weighted by Crippen LogP contribution is -2.27. The first-order chi connectivity index (χ1) is 6.77. The first-order valence-electron chi connectivity index (χ1n) is 6.00. The fourth-order valence-corrected chi connectivity index (χ4v) is 1.33. The van der Waals surface area contributed by atoms with E-state index in [-0.39, 0.29) is 0 Å². The van der Waals surface area contributed by atoms with E-state index in [0.717, 1.165) is 19.5 Å². The first kappa shape index (κ1) is 13.9. The van der Waals surface area contributed by atoms with E-state index in [1.807, 2.05) is 0 Å². The summed E-state index contributed by atoms with van der Waals surface area (Å²) in [4.78, 5) is 0. The molecule has 0 amide bonds. The normalized spacial score (nSPS) is 11.1. The van der Waals surface area contributed by atoms with Gasteiger partial charge in [-0.3, -0.25) is 0 Å². The number of unbranched alkanes of at least 4 members (excludes halogenated alkanes) is 3. The van der Waals surface area contributed by atoms with Crippen LogP contribution in [0.4, 0.5) is 0 Å². The van der Waals surface area contributed by atoms with Gasteiger partial charge in [0, 0.05) is 6.04 Å². The van der Waals surface area contributed by atoms with Gasteiger partial charge in [0.2, 0.25) is 0 Å². The summed E-state index contributed by atoms with van der Waals surface area (Å²) in [6, 6.07) is 0.618. The van der Waals surface area contributed by atoms with Gasteiger partial charge in [-0.2, -0.15) is 0 Å². The maximum atomic E-state index is 3.83. The second-order valence-corrected chi connectivity index (χ2v) is 4.13. The molecule has 0 bridgehead atoms. The molecule has 2 nitrogen and oxygen atoms in total. The minimum atomic E-state index is 0.618. The zero-order chi connectivity index (χ0) is 10.6. The lowest BCUT2D eigenvalue weighted by molar-refractivity contribution is 0.537. The highest BCUT2D eigenvalue weighted by Crippen LogP contribution is 1.96. The molecule has 0 saturated carbocycles. The molecule has 14 heavy (non-hydrogen) atoms. The first-order valence-corrected chi connectivity index (χ1v) is 6.00. The van der Waals surface area contributed by atoms with Crippen molar-refractivity contribution in [2.75, 3.05) is 19.6 Å². The molecule has 1 radical (unpaired) electrons. The molecule has 0 aliphatic rings. The summed E-state index contributed by atoms with van der Waals surface area (Å²) >= 11 is 0. The molecule has 0 atom stereocenters. The van der Waals surface area contributed by atoms with Crippen molar-refractivity contribution in [3.05, 3.63) is 6.92 Å². The van der Waals surface area contributed by atoms with Crippen molar-refractivity contribution < 1.29 is 0 Å². The van der Waals surface area contributed by atoms with E-state index in [2.05, 4.69) is 31.4 Å². The number of hydrogen-bond donors (Lipinski definition) is 2. The molecule has 0 saturated heterocycles. The molecule has 0 spiro atoms. The molecule has 0 aliphatic heterocycles. The van der Waals surface area contributed by atoms with E-state index in [4.69, 9.17) is 0 Å². The van der Waals surface area contributed by atoms with Crippen LogP contribution in [0.25, 0.3) is 0 Å². The fraction of sp³-hybridized carbons (Fsp3) is 0.917. The summed E-state index contributed by atoms with van der Waals surface area (Å²) in [5.74, 6) is 0. The second-order valence-electron chi connectivity index (χ2n) is 4.13. The van der Waals surface area contributed by atoms with E-state index < -0.39 is 0 Å². The molecule has 0 aromatic heterocycles. The van der Waals surface area contributed by atoms with Gasteiger partial charge >= 0.3 is 0 Å². The Labute approximate surface area is 89.9 Å². The van der Waals surface area contributed by atoms with Gasteiger partial charge in [-0.15, -0.1) is 0 Å². The summed E-state index contributed by atoms with van der Waals surface area (Å²) in [6.07, 6.45) is 6.20. The van der Waals surface area contributed by atoms with Gasteiger partial charge in [0.25, 0.3) is 0 Å². The maximum Gasteiger partial charge on any atom is 0.00103 e. The summed E-state index contributed by atoms with van der Waals surface area (Å²) in [5.41, 5.74) is 0. The van der Waals surface area contributed by atoms with Crippen LogP contribution in [0.2, 0.25) is 0 Å². The Balaban J connectivity index is 2.85. The van der Waals surface area contributed by atoms with E-state index in [9.17, 15) is 0 Å². The van der Waals surface area contributed by atoms with Crippen LogP contribution in [0.15, 0.2) is 0 Å². The Morgan fingerprint density at radius 2 is 1.64 bits per heavy atom. The highest BCUT2D eigenvalue weighted by atomic mass is 14.9. The average molecular weight is 199 g/mol. The van der Waals surface area contributed by atoms with Crippen molar-refractivity contribution in [2.24, 2.45) is 0 Å². The van der Waals surface area contributed by atoms with Crippen molar-refractivity contribution in [3.63, 3.8) is 0 Å². The number of nitrogens with one attached hydrogen (secondary N) is 2. The van der Waals surface area contributed by atoms with Crippen molar-refractivity contribution in [2.45, 2.75) is 52.0 Å². The molecule has 0 heterocycles. The van der Waals surface area contributed by atoms with Crippen molar-refractivity contribution in [3.8, 4) is 0 Å². The van der Waals surface area contributed by atoms with Crippen LogP contribution < -0.4 is 10.6 Å². The molecule has 0 rings (SSSR count). The Hall–Kier alpha value is -0.0800. The lowest BCUT2D eigenvalue weighted by atomic mass is 10.2. The molecule has 85 valence electrons. The number of rotatable bonds is 10. The van der Waals surface area contributed by atoms with Crippen LogP contribution in [0.1, 0.15) is 46.0 Å². The highest BCUT2D eigenvalue weighted by molar-refractivity contribution is 4.55. The predicted molar refractivity (Wildman–Crippen MR) is 64.5 cm³/mol. The predicted octanol–water partition coefficient (Wildman–Crippen LogP) is 2.36. The molecule has 0 aliphatic carbocycles. The smallest absolute Gasteiger partial charge is 0.00103 e. The minimum absolute atomic E-state index is 0.618. The Bertz CT molecular complexity index is 102. The van der Waals surface area contributed by atoms with E-state index in [1.165, 1.54) is 32.2 Å². The Morgan fingerprint density at radius 1 is 0.929 bits per heavy atom. The summed E-state index contributed by atoms with van der Waals surface area (Å²) in [5, 5.41) is 6.87. The summed E-state index contributed by atoms with van der Waals surface area (Å²) in [7, 11) is 0. The zero-order valence-electron chi connectivity index (χ0n) is 9.94. The third-order valence-corrected chi connectivity index (χ3v) is 2.19. The van der Waals surface area contributed by atoms with Gasteiger partial charge in [0.15, 0.2) is 0 Å². The van der Waals surface area contributed by atoms with Gasteiger partial charge in [0.1, 0.15) is 0 Å². The van der Waals surface area contributed by atoms with E-state index >= 15 is 0 Å². The monoisotopic (exact) mass is 199 g/mol. The Kier molecular flexibility index (Phi) is 10.9. The second kappa shape index (κ2) is 11.0. The highest BCUT2D eigenvalue weighted by Gasteiger charge is 1.91. The lowest BCUT2D eigenvalue weighted by Gasteiger charge is -2.08. The largest absolute Gasteiger partial charge is 0.317 e. The van der Waals surface area contributed by atoms with Crippen LogP contribution in [0.3, 0.4) is 0 Å². The van der Waals surface area contributed by atoms with Crippen LogP contribution in [-0.2, 0) is 0 Å². The van der Waals surface area contributed by atoms with Gasteiger partial charge in [-0.1, -0.05) is 40.0 Å². The summed E-state index contributed by atoms with van der Waals surface area (Å²) in [6.45, 7) is 11.6. The molecule has 0 aromatic rings. The van der Waals surface area contributed by atoms with Crippen LogP contribution >= 0.6 is 0 Å². The van der Waals surface area contributed by atoms with Crippen LogP contribution in [0.5, 0.6) is 0 Å². The molecular weight excluding hydrogens is 172 g/mol. The van der Waals surface area contributed by atoms with Gasteiger partial charge in [-0.05, 0) is 32.5 Å². The fourth-order valence-electron chi connectivity index (χ4n) is 1.33. The topological polar surface area (TPSA) is 24.1 Å². The zero-order valence-corrected chi connectivity index (χ0v) is 9.94. The molecule has 0 unspecified atom stereocenters. The third-order valence-electron chi connectivity index (χ3n) is 2.19. The quantitative estimate of drug-likeness (QED) is 0.528. The Morgan fingerprint density at radius 3 is 2.29 bits per heavy atom. The molecular formula is C12H27N2. The van der Waals surface area contributed by atoms with E-state index in [0.29, 0.717) is 6.04 Å². The SMILES string of the molecule is [CH2]CCCCCNCCCNC(C)C. The van der Waals surface area contributed by atoms with Crippen LogP contribution in [0, 0.1) is 6.92 Å². The average Bonchev–Trinajstić information content (AvgIpc) is 2.15. The van der Waals surface area contributed by atoms with Crippen molar-refractivity contribution in [1.82, 2.24) is 10.6 Å². The molecule has 0 fully saturated rings. The minimum Gasteiger partial charge on any atom is -0.317 e. The molecule has 2 heteroatoms. The number of hydrogen-bond acceptors (Lipinski definition) is 2. The standard InChI is InChI=1S/C12H27N2/c1-4-5-6-7-9-13-10-8-11-14-12(2)3/h12-14H,1,4-11H2,2-3H3. The third kappa shape index (κ3) is 11.9. The van der Waals surface area contributed by atoms with E-state index in [1.54, 1.807) is 0 Å². The maximum absolute atomic E-state index is 3.83. The van der Waals surface area contributed by atoms with Crippen molar-refractivity contribution in [1.29, 1.82) is 0 Å². The molecule has 2 N–H and O–H groups in total. The van der Waals surface area contributed by atoms with Gasteiger partial charge in [-0.25, -0.2) is 0 Å².